The van der Waals surface area contributed by atoms with Crippen molar-refractivity contribution in [3.05, 3.63) is 47.3 Å². The van der Waals surface area contributed by atoms with E-state index in [4.69, 9.17) is 16.3 Å². The molecule has 0 aromatic rings. The molecule has 0 amide bonds. The molecule has 0 aromatic heterocycles. The highest BCUT2D eigenvalue weighted by Crippen LogP contribution is 2.44. The molecule has 2 heterocycles. The van der Waals surface area contributed by atoms with E-state index in [0.29, 0.717) is 24.2 Å². The number of alkyl halides is 1. The number of rotatable bonds is 7. The first-order chi connectivity index (χ1) is 16.5. The summed E-state index contributed by atoms with van der Waals surface area (Å²) in [4.78, 5) is 2.69. The second kappa shape index (κ2) is 10.5. The van der Waals surface area contributed by atoms with Crippen LogP contribution in [0.15, 0.2) is 47.3 Å². The summed E-state index contributed by atoms with van der Waals surface area (Å²) >= 11 is 6.97. The third-order valence-electron chi connectivity index (χ3n) is 9.29. The van der Waals surface area contributed by atoms with Crippen LogP contribution in [0.5, 0.6) is 0 Å². The molecule has 3 aliphatic carbocycles. The van der Waals surface area contributed by atoms with Gasteiger partial charge in [-0.25, -0.2) is 0 Å². The summed E-state index contributed by atoms with van der Waals surface area (Å²) in [7, 11) is 0. The van der Waals surface area contributed by atoms with Crippen LogP contribution in [-0.2, 0) is 4.74 Å². The van der Waals surface area contributed by atoms with Gasteiger partial charge in [0.15, 0.2) is 6.29 Å². The van der Waals surface area contributed by atoms with Gasteiger partial charge in [-0.05, 0) is 80.9 Å². The van der Waals surface area contributed by atoms with Gasteiger partial charge in [0.1, 0.15) is 11.1 Å². The van der Waals surface area contributed by atoms with Gasteiger partial charge in [-0.1, -0.05) is 44.6 Å². The highest BCUT2D eigenvalue weighted by molar-refractivity contribution is 6.23. The van der Waals surface area contributed by atoms with Crippen molar-refractivity contribution in [3.63, 3.8) is 0 Å². The van der Waals surface area contributed by atoms with Crippen molar-refractivity contribution >= 4 is 11.6 Å². The van der Waals surface area contributed by atoms with Gasteiger partial charge in [-0.3, -0.25) is 4.90 Å². The molecule has 2 aliphatic heterocycles. The van der Waals surface area contributed by atoms with E-state index >= 15 is 0 Å². The Hall–Kier alpha value is -1.07. The molecule has 34 heavy (non-hydrogen) atoms. The lowest BCUT2D eigenvalue weighted by atomic mass is 9.81. The van der Waals surface area contributed by atoms with Crippen molar-refractivity contribution < 1.29 is 14.9 Å². The molecule has 2 bridgehead atoms. The first-order valence-electron chi connectivity index (χ1n) is 13.7. The van der Waals surface area contributed by atoms with Crippen LogP contribution in [0.4, 0.5) is 0 Å². The minimum absolute atomic E-state index is 0.0187. The van der Waals surface area contributed by atoms with Crippen LogP contribution >= 0.6 is 11.6 Å². The van der Waals surface area contributed by atoms with Crippen molar-refractivity contribution in [2.45, 2.75) is 114 Å². The number of piperidine rings is 1. The molecule has 1 saturated carbocycles. The molecular formula is C29H42ClNO3. The maximum atomic E-state index is 9.75. The first-order valence-corrected chi connectivity index (χ1v) is 14.2. The van der Waals surface area contributed by atoms with Gasteiger partial charge >= 0.3 is 0 Å². The normalized spacial score (nSPS) is 38.8. The molecule has 0 radical (unpaired) electrons. The number of aliphatic hydroxyl groups excluding tert-OH is 1. The predicted octanol–water partition coefficient (Wildman–Crippen LogP) is 5.85. The van der Waals surface area contributed by atoms with Crippen LogP contribution in [0, 0.1) is 17.8 Å². The molecule has 5 heteroatoms. The average molecular weight is 488 g/mol. The fourth-order valence-electron chi connectivity index (χ4n) is 7.32. The topological polar surface area (TPSA) is 52.9 Å². The number of halogens is 1. The third-order valence-corrected chi connectivity index (χ3v) is 9.78. The largest absolute Gasteiger partial charge is 0.493 e. The maximum Gasteiger partial charge on any atom is 0.154 e. The number of ether oxygens (including phenoxy) is 1. The summed E-state index contributed by atoms with van der Waals surface area (Å²) in [6.07, 6.45) is 21.7. The van der Waals surface area contributed by atoms with E-state index in [1.54, 1.807) is 0 Å². The van der Waals surface area contributed by atoms with E-state index in [9.17, 15) is 10.2 Å². The van der Waals surface area contributed by atoms with Gasteiger partial charge in [0, 0.05) is 30.0 Å². The van der Waals surface area contributed by atoms with E-state index in [1.165, 1.54) is 43.3 Å². The molecule has 2 N–H and O–H groups in total. The highest BCUT2D eigenvalue weighted by Gasteiger charge is 2.45. The Morgan fingerprint density at radius 3 is 2.35 bits per heavy atom. The molecule has 0 spiro atoms. The molecule has 5 rings (SSSR count). The fourth-order valence-corrected chi connectivity index (χ4v) is 7.68. The highest BCUT2D eigenvalue weighted by atomic mass is 35.5. The quantitative estimate of drug-likeness (QED) is 0.349. The molecule has 5 aliphatic rings. The van der Waals surface area contributed by atoms with E-state index in [1.807, 2.05) is 0 Å². The number of hydrogen-bond acceptors (Lipinski definition) is 4. The number of nitrogens with zero attached hydrogens (tertiary/aromatic N) is 1. The Labute approximate surface area is 210 Å². The van der Waals surface area contributed by atoms with Gasteiger partial charge in [-0.15, -0.1) is 11.6 Å². The van der Waals surface area contributed by atoms with Gasteiger partial charge in [-0.2, -0.15) is 0 Å². The Kier molecular flexibility index (Phi) is 7.60. The summed E-state index contributed by atoms with van der Waals surface area (Å²) < 4.78 is 6.42. The first kappa shape index (κ1) is 24.6. The molecule has 3 fully saturated rings. The Bertz CT molecular complexity index is 839. The summed E-state index contributed by atoms with van der Waals surface area (Å²) in [6.45, 7) is 4.57. The second-order valence-electron chi connectivity index (χ2n) is 11.2. The van der Waals surface area contributed by atoms with Crippen LogP contribution in [0.25, 0.3) is 0 Å². The van der Waals surface area contributed by atoms with E-state index in [0.717, 1.165) is 43.8 Å². The minimum Gasteiger partial charge on any atom is -0.493 e. The van der Waals surface area contributed by atoms with Gasteiger partial charge in [0.05, 0.1) is 6.10 Å². The molecule has 5 unspecified atom stereocenters. The van der Waals surface area contributed by atoms with Gasteiger partial charge < -0.3 is 14.9 Å². The number of hydrogen-bond donors (Lipinski definition) is 2. The monoisotopic (exact) mass is 487 g/mol. The van der Waals surface area contributed by atoms with Crippen molar-refractivity contribution in [1.29, 1.82) is 0 Å². The smallest absolute Gasteiger partial charge is 0.154 e. The standard InChI is InChI=1S/C29H42ClNO3/c1-3-18-5-11-24(12-6-18)34-27-14-8-19-15-20(7-13-25(19)28(27)30)26(4-2)31-22-9-10-23(31)17-21(16-22)29(32)33/h7-8,13-15,18,21-26,28-29,32-33H,3-6,9-12,16-17H2,1-2H3. The molecule has 5 atom stereocenters. The zero-order valence-electron chi connectivity index (χ0n) is 20.8. The Balaban J connectivity index is 1.29. The Morgan fingerprint density at radius 2 is 1.74 bits per heavy atom. The van der Waals surface area contributed by atoms with Crippen LogP contribution in [-0.4, -0.2) is 51.0 Å². The van der Waals surface area contributed by atoms with Crippen molar-refractivity contribution in [2.75, 3.05) is 0 Å². The summed E-state index contributed by atoms with van der Waals surface area (Å²) in [5.41, 5.74) is 2.65. The molecule has 0 aromatic carbocycles. The average Bonchev–Trinajstić information content (AvgIpc) is 3.09. The zero-order valence-corrected chi connectivity index (χ0v) is 21.5. The van der Waals surface area contributed by atoms with Crippen LogP contribution in [0.2, 0.25) is 0 Å². The van der Waals surface area contributed by atoms with Crippen molar-refractivity contribution in [2.24, 2.45) is 17.8 Å². The third kappa shape index (κ3) is 4.81. The lowest BCUT2D eigenvalue weighted by Gasteiger charge is -2.45. The van der Waals surface area contributed by atoms with Crippen LogP contribution < -0.4 is 0 Å². The summed E-state index contributed by atoms with van der Waals surface area (Å²) in [5.74, 6) is 1.99. The number of aliphatic hydroxyl groups is 2. The summed E-state index contributed by atoms with van der Waals surface area (Å²) in [5, 5.41) is 19.4. The van der Waals surface area contributed by atoms with Gasteiger partial charge in [0.2, 0.25) is 0 Å². The Morgan fingerprint density at radius 1 is 1.03 bits per heavy atom. The van der Waals surface area contributed by atoms with Crippen molar-refractivity contribution in [3.8, 4) is 0 Å². The lowest BCUT2D eigenvalue weighted by Crippen LogP contribution is -2.51. The number of allylic oxidation sites excluding steroid dienone is 6. The fraction of sp³-hybridized carbons (Fsp3) is 0.724. The van der Waals surface area contributed by atoms with Crippen molar-refractivity contribution in [1.82, 2.24) is 4.90 Å². The van der Waals surface area contributed by atoms with E-state index in [2.05, 4.69) is 49.1 Å². The lowest BCUT2D eigenvalue weighted by molar-refractivity contribution is -0.110. The number of fused-ring (bicyclic) bond motifs is 3. The summed E-state index contributed by atoms with van der Waals surface area (Å²) in [6, 6.07) is 1.27. The van der Waals surface area contributed by atoms with Crippen LogP contribution in [0.3, 0.4) is 0 Å². The molecular weight excluding hydrogens is 446 g/mol. The SMILES string of the molecule is CCC1CCC(OC2=CC=C3C=C(C(CC)N4C5CCC4CC(C(O)O)C5)C=CC3C2Cl)CC1. The van der Waals surface area contributed by atoms with Gasteiger partial charge in [0.25, 0.3) is 0 Å². The maximum absolute atomic E-state index is 9.75. The molecule has 2 saturated heterocycles. The second-order valence-corrected chi connectivity index (χ2v) is 11.7. The van der Waals surface area contributed by atoms with E-state index < -0.39 is 6.29 Å². The molecule has 188 valence electrons. The molecule has 4 nitrogen and oxygen atoms in total. The van der Waals surface area contributed by atoms with Crippen LogP contribution in [0.1, 0.15) is 78.1 Å². The predicted molar refractivity (Wildman–Crippen MR) is 137 cm³/mol. The van der Waals surface area contributed by atoms with E-state index in [-0.39, 0.29) is 17.2 Å². The minimum atomic E-state index is -1.18. The zero-order chi connectivity index (χ0) is 23.8.